The molecule has 21 heavy (non-hydrogen) atoms. The van der Waals surface area contributed by atoms with Gasteiger partial charge < -0.3 is 20.6 Å². The molecule has 2 atom stereocenters. The van der Waals surface area contributed by atoms with E-state index in [1.54, 1.807) is 0 Å². The van der Waals surface area contributed by atoms with Gasteiger partial charge in [-0.15, -0.1) is 0 Å². The molecule has 0 bridgehead atoms. The number of carboxylic acid groups (broad SMARTS) is 1. The Labute approximate surface area is 125 Å². The first-order chi connectivity index (χ1) is 9.95. The zero-order valence-corrected chi connectivity index (χ0v) is 12.7. The molecule has 0 saturated carbocycles. The van der Waals surface area contributed by atoms with Gasteiger partial charge in [0.05, 0.1) is 6.42 Å². The molecule has 1 aliphatic rings. The summed E-state index contributed by atoms with van der Waals surface area (Å²) in [6.07, 6.45) is 3.78. The van der Waals surface area contributed by atoms with Crippen LogP contribution >= 0.6 is 0 Å². The number of carbonyl (C=O) groups is 3. The van der Waals surface area contributed by atoms with Gasteiger partial charge in [0.15, 0.2) is 0 Å². The number of amides is 3. The van der Waals surface area contributed by atoms with Crippen molar-refractivity contribution in [2.45, 2.75) is 58.0 Å². The molecule has 120 valence electrons. The van der Waals surface area contributed by atoms with Gasteiger partial charge in [0.2, 0.25) is 5.91 Å². The van der Waals surface area contributed by atoms with Crippen molar-refractivity contribution in [2.75, 3.05) is 13.1 Å². The maximum atomic E-state index is 12.2. The van der Waals surface area contributed by atoms with Crippen molar-refractivity contribution in [3.05, 3.63) is 0 Å². The fourth-order valence-electron chi connectivity index (χ4n) is 2.39. The molecule has 1 aliphatic heterocycles. The molecule has 0 radical (unpaired) electrons. The minimum absolute atomic E-state index is 0.0134. The zero-order valence-electron chi connectivity index (χ0n) is 12.7. The highest BCUT2D eigenvalue weighted by Crippen LogP contribution is 2.10. The van der Waals surface area contributed by atoms with Gasteiger partial charge in [-0.05, 0) is 13.3 Å². The van der Waals surface area contributed by atoms with Gasteiger partial charge in [-0.3, -0.25) is 9.59 Å². The molecule has 7 heteroatoms. The standard InChI is InChI=1S/C14H25N3O4/c1-3-4-5-6-10(2)16-14(21)17-8-7-15-13(20)11(17)9-12(18)19/h10-11H,3-9H2,1-2H3,(H,15,20)(H,16,21)(H,18,19). The number of nitrogens with one attached hydrogen (secondary N) is 2. The average Bonchev–Trinajstić information content (AvgIpc) is 2.40. The lowest BCUT2D eigenvalue weighted by Crippen LogP contribution is -2.60. The molecule has 3 amide bonds. The van der Waals surface area contributed by atoms with Crippen LogP contribution in [0.4, 0.5) is 4.79 Å². The Bertz CT molecular complexity index is 386. The van der Waals surface area contributed by atoms with Crippen molar-refractivity contribution in [1.82, 2.24) is 15.5 Å². The monoisotopic (exact) mass is 299 g/mol. The van der Waals surface area contributed by atoms with Crippen molar-refractivity contribution in [3.63, 3.8) is 0 Å². The number of hydrogen-bond acceptors (Lipinski definition) is 3. The third-order valence-electron chi connectivity index (χ3n) is 3.57. The number of carbonyl (C=O) groups excluding carboxylic acids is 2. The maximum Gasteiger partial charge on any atom is 0.318 e. The molecule has 7 nitrogen and oxygen atoms in total. The van der Waals surface area contributed by atoms with Crippen LogP contribution in [0.2, 0.25) is 0 Å². The van der Waals surface area contributed by atoms with Crippen molar-refractivity contribution in [2.24, 2.45) is 0 Å². The molecular weight excluding hydrogens is 274 g/mol. The Balaban J connectivity index is 2.56. The van der Waals surface area contributed by atoms with Crippen molar-refractivity contribution < 1.29 is 19.5 Å². The Morgan fingerprint density at radius 2 is 2.19 bits per heavy atom. The molecule has 1 rings (SSSR count). The summed E-state index contributed by atoms with van der Waals surface area (Å²) in [5.74, 6) is -1.50. The van der Waals surface area contributed by atoms with E-state index in [9.17, 15) is 14.4 Å². The Morgan fingerprint density at radius 3 is 2.81 bits per heavy atom. The van der Waals surface area contributed by atoms with Crippen LogP contribution in [0.25, 0.3) is 0 Å². The van der Waals surface area contributed by atoms with Crippen LogP contribution in [0.5, 0.6) is 0 Å². The first-order valence-corrected chi connectivity index (χ1v) is 7.52. The number of hydrogen-bond donors (Lipinski definition) is 3. The molecule has 2 unspecified atom stereocenters. The van der Waals surface area contributed by atoms with Crippen LogP contribution in [-0.2, 0) is 9.59 Å². The van der Waals surface area contributed by atoms with Gasteiger partial charge in [0, 0.05) is 19.1 Å². The summed E-state index contributed by atoms with van der Waals surface area (Å²) in [6, 6.07) is -1.28. The summed E-state index contributed by atoms with van der Waals surface area (Å²) in [4.78, 5) is 36.1. The lowest BCUT2D eigenvalue weighted by atomic mass is 10.1. The van der Waals surface area contributed by atoms with Crippen molar-refractivity contribution in [1.29, 1.82) is 0 Å². The van der Waals surface area contributed by atoms with E-state index in [2.05, 4.69) is 17.6 Å². The molecule has 0 aromatic heterocycles. The third-order valence-corrected chi connectivity index (χ3v) is 3.57. The van der Waals surface area contributed by atoms with E-state index < -0.39 is 17.9 Å². The number of urea groups is 1. The van der Waals surface area contributed by atoms with Crippen LogP contribution < -0.4 is 10.6 Å². The lowest BCUT2D eigenvalue weighted by Gasteiger charge is -2.35. The predicted octanol–water partition coefficient (Wildman–Crippen LogP) is 0.940. The summed E-state index contributed by atoms with van der Waals surface area (Å²) in [7, 11) is 0. The fourth-order valence-corrected chi connectivity index (χ4v) is 2.39. The smallest absolute Gasteiger partial charge is 0.318 e. The molecule has 0 aromatic carbocycles. The van der Waals surface area contributed by atoms with Crippen LogP contribution in [0.1, 0.15) is 46.0 Å². The zero-order chi connectivity index (χ0) is 15.8. The second kappa shape index (κ2) is 8.49. The minimum Gasteiger partial charge on any atom is -0.481 e. The number of carboxylic acids is 1. The summed E-state index contributed by atoms with van der Waals surface area (Å²) in [5.41, 5.74) is 0. The number of nitrogens with zero attached hydrogens (tertiary/aromatic N) is 1. The topological polar surface area (TPSA) is 98.7 Å². The molecule has 0 aliphatic carbocycles. The largest absolute Gasteiger partial charge is 0.481 e. The van der Waals surface area contributed by atoms with E-state index in [0.717, 1.165) is 25.7 Å². The first kappa shape index (κ1) is 17.3. The van der Waals surface area contributed by atoms with Crippen molar-refractivity contribution >= 4 is 17.9 Å². The van der Waals surface area contributed by atoms with Gasteiger partial charge >= 0.3 is 12.0 Å². The third kappa shape index (κ3) is 5.61. The molecule has 1 saturated heterocycles. The van der Waals surface area contributed by atoms with Gasteiger partial charge in [-0.2, -0.15) is 0 Å². The highest BCUT2D eigenvalue weighted by Gasteiger charge is 2.34. The highest BCUT2D eigenvalue weighted by molar-refractivity contribution is 5.91. The summed E-state index contributed by atoms with van der Waals surface area (Å²) >= 11 is 0. The van der Waals surface area contributed by atoms with Crippen LogP contribution in [0.15, 0.2) is 0 Å². The second-order valence-electron chi connectivity index (χ2n) is 5.44. The molecule has 1 fully saturated rings. The second-order valence-corrected chi connectivity index (χ2v) is 5.44. The van der Waals surface area contributed by atoms with Crippen LogP contribution in [0.3, 0.4) is 0 Å². The summed E-state index contributed by atoms with van der Waals surface area (Å²) in [5, 5.41) is 14.3. The lowest BCUT2D eigenvalue weighted by molar-refractivity contribution is -0.142. The van der Waals surface area contributed by atoms with Gasteiger partial charge in [-0.25, -0.2) is 4.79 Å². The Hall–Kier alpha value is -1.79. The number of rotatable bonds is 7. The first-order valence-electron chi connectivity index (χ1n) is 7.52. The van der Waals surface area contributed by atoms with E-state index in [4.69, 9.17) is 5.11 Å². The molecule has 0 aromatic rings. The van der Waals surface area contributed by atoms with E-state index in [0.29, 0.717) is 13.1 Å². The number of unbranched alkanes of at least 4 members (excludes halogenated alkanes) is 2. The predicted molar refractivity (Wildman–Crippen MR) is 77.9 cm³/mol. The van der Waals surface area contributed by atoms with Gasteiger partial charge in [0.1, 0.15) is 6.04 Å². The number of piperazine rings is 1. The Morgan fingerprint density at radius 1 is 1.48 bits per heavy atom. The van der Waals surface area contributed by atoms with Gasteiger partial charge in [0.25, 0.3) is 0 Å². The quantitative estimate of drug-likeness (QED) is 0.609. The van der Waals surface area contributed by atoms with Crippen molar-refractivity contribution in [3.8, 4) is 0 Å². The van der Waals surface area contributed by atoms with E-state index >= 15 is 0 Å². The fraction of sp³-hybridized carbons (Fsp3) is 0.786. The number of aliphatic carboxylic acids is 1. The van der Waals surface area contributed by atoms with E-state index in [1.165, 1.54) is 4.90 Å². The average molecular weight is 299 g/mol. The van der Waals surface area contributed by atoms with Crippen LogP contribution in [0, 0.1) is 0 Å². The summed E-state index contributed by atoms with van der Waals surface area (Å²) < 4.78 is 0. The molecular formula is C14H25N3O4. The molecule has 0 spiro atoms. The van der Waals surface area contributed by atoms with E-state index in [-0.39, 0.29) is 18.5 Å². The van der Waals surface area contributed by atoms with Crippen LogP contribution in [-0.4, -0.2) is 53.1 Å². The molecule has 3 N–H and O–H groups in total. The Kier molecular flexibility index (Phi) is 6.98. The maximum absolute atomic E-state index is 12.2. The highest BCUT2D eigenvalue weighted by atomic mass is 16.4. The van der Waals surface area contributed by atoms with Gasteiger partial charge in [-0.1, -0.05) is 26.2 Å². The SMILES string of the molecule is CCCCCC(C)NC(=O)N1CCNC(=O)C1CC(=O)O. The summed E-state index contributed by atoms with van der Waals surface area (Å²) in [6.45, 7) is 4.72. The minimum atomic E-state index is -1.09. The molecule has 1 heterocycles. The normalized spacial score (nSPS) is 19.8. The van der Waals surface area contributed by atoms with E-state index in [1.807, 2.05) is 6.92 Å².